The number of hydrogen-bond acceptors (Lipinski definition) is 1. The maximum Gasteiger partial charge on any atom is 0.416 e. The van der Waals surface area contributed by atoms with Gasteiger partial charge in [-0.05, 0) is 18.1 Å². The van der Waals surface area contributed by atoms with Crippen molar-refractivity contribution in [1.82, 2.24) is 4.98 Å². The van der Waals surface area contributed by atoms with Crippen LogP contribution < -0.4 is 0 Å². The molecule has 0 saturated heterocycles. The average molecular weight is 210 g/mol. The van der Waals surface area contributed by atoms with Gasteiger partial charge in [0.1, 0.15) is 5.15 Å². The van der Waals surface area contributed by atoms with Crippen LogP contribution in [0.2, 0.25) is 5.15 Å². The standard InChI is InChI=1S/C8H7ClF3N/c1-2-5-4-13-7(9)3-6(5)8(10,11)12/h3-4H,2H2,1H3. The lowest BCUT2D eigenvalue weighted by molar-refractivity contribution is -0.138. The van der Waals surface area contributed by atoms with Gasteiger partial charge in [0.25, 0.3) is 0 Å². The molecule has 1 aromatic rings. The summed E-state index contributed by atoms with van der Waals surface area (Å²) in [4.78, 5) is 3.59. The molecule has 1 aromatic heterocycles. The molecule has 0 amide bonds. The van der Waals surface area contributed by atoms with E-state index in [-0.39, 0.29) is 10.7 Å². The second-order valence-electron chi connectivity index (χ2n) is 2.52. The minimum Gasteiger partial charge on any atom is -0.244 e. The van der Waals surface area contributed by atoms with Gasteiger partial charge in [0.05, 0.1) is 5.56 Å². The van der Waals surface area contributed by atoms with Gasteiger partial charge in [0.2, 0.25) is 0 Å². The zero-order chi connectivity index (χ0) is 10.1. The van der Waals surface area contributed by atoms with Gasteiger partial charge >= 0.3 is 6.18 Å². The van der Waals surface area contributed by atoms with Crippen molar-refractivity contribution in [3.8, 4) is 0 Å². The van der Waals surface area contributed by atoms with Gasteiger partial charge in [-0.15, -0.1) is 0 Å². The van der Waals surface area contributed by atoms with Crippen LogP contribution in [-0.4, -0.2) is 4.98 Å². The molecule has 0 aromatic carbocycles. The lowest BCUT2D eigenvalue weighted by atomic mass is 10.1. The monoisotopic (exact) mass is 209 g/mol. The summed E-state index contributed by atoms with van der Waals surface area (Å²) in [6, 6.07) is 0.848. The number of pyridine rings is 1. The summed E-state index contributed by atoms with van der Waals surface area (Å²) < 4.78 is 37.0. The summed E-state index contributed by atoms with van der Waals surface area (Å²) in [6.45, 7) is 1.64. The molecule has 0 fully saturated rings. The molecule has 0 saturated carbocycles. The molecule has 0 aliphatic heterocycles. The van der Waals surface area contributed by atoms with Gasteiger partial charge in [0, 0.05) is 6.20 Å². The van der Waals surface area contributed by atoms with Crippen molar-refractivity contribution in [2.75, 3.05) is 0 Å². The summed E-state index contributed by atoms with van der Waals surface area (Å²) >= 11 is 5.37. The minimum atomic E-state index is -4.35. The number of alkyl halides is 3. The first-order valence-corrected chi connectivity index (χ1v) is 4.04. The Labute approximate surface area is 78.5 Å². The van der Waals surface area contributed by atoms with Crippen molar-refractivity contribution in [2.45, 2.75) is 19.5 Å². The van der Waals surface area contributed by atoms with E-state index >= 15 is 0 Å². The highest BCUT2D eigenvalue weighted by molar-refractivity contribution is 6.29. The van der Waals surface area contributed by atoms with Crippen LogP contribution in [0.1, 0.15) is 18.1 Å². The molecule has 0 unspecified atom stereocenters. The quantitative estimate of drug-likeness (QED) is 0.647. The summed E-state index contributed by atoms with van der Waals surface area (Å²) in [5, 5.41) is -0.135. The van der Waals surface area contributed by atoms with Crippen molar-refractivity contribution in [3.63, 3.8) is 0 Å². The molecule has 1 heterocycles. The second-order valence-corrected chi connectivity index (χ2v) is 2.90. The fourth-order valence-electron chi connectivity index (χ4n) is 1.00. The first kappa shape index (κ1) is 10.3. The first-order valence-electron chi connectivity index (χ1n) is 3.66. The van der Waals surface area contributed by atoms with Gasteiger partial charge in [-0.2, -0.15) is 13.2 Å². The van der Waals surface area contributed by atoms with Gasteiger partial charge < -0.3 is 0 Å². The third kappa shape index (κ3) is 2.34. The van der Waals surface area contributed by atoms with Crippen molar-refractivity contribution in [1.29, 1.82) is 0 Å². The van der Waals surface area contributed by atoms with E-state index < -0.39 is 11.7 Å². The van der Waals surface area contributed by atoms with Crippen LogP contribution in [0, 0.1) is 0 Å². The molecule has 0 N–H and O–H groups in total. The molecule has 72 valence electrons. The van der Waals surface area contributed by atoms with Crippen molar-refractivity contribution in [3.05, 3.63) is 28.5 Å². The molecule has 1 nitrogen and oxygen atoms in total. The molecule has 0 aliphatic carbocycles. The topological polar surface area (TPSA) is 12.9 Å². The van der Waals surface area contributed by atoms with E-state index in [1.165, 1.54) is 0 Å². The Hall–Kier alpha value is -0.770. The third-order valence-corrected chi connectivity index (χ3v) is 1.85. The maximum absolute atomic E-state index is 12.3. The average Bonchev–Trinajstić information content (AvgIpc) is 2.03. The van der Waals surface area contributed by atoms with E-state index in [2.05, 4.69) is 4.98 Å². The SMILES string of the molecule is CCc1cnc(Cl)cc1C(F)(F)F. The summed E-state index contributed by atoms with van der Waals surface area (Å²) in [5.74, 6) is 0. The maximum atomic E-state index is 12.3. The van der Waals surface area contributed by atoms with Crippen LogP contribution in [0.4, 0.5) is 13.2 Å². The van der Waals surface area contributed by atoms with Crippen LogP contribution in [0.15, 0.2) is 12.3 Å². The number of aromatic nitrogens is 1. The number of aryl methyl sites for hydroxylation is 1. The van der Waals surface area contributed by atoms with E-state index in [1.54, 1.807) is 6.92 Å². The van der Waals surface area contributed by atoms with Crippen LogP contribution in [0.25, 0.3) is 0 Å². The van der Waals surface area contributed by atoms with Crippen LogP contribution in [0.3, 0.4) is 0 Å². The van der Waals surface area contributed by atoms with E-state index in [9.17, 15) is 13.2 Å². The molecule has 0 bridgehead atoms. The largest absolute Gasteiger partial charge is 0.416 e. The van der Waals surface area contributed by atoms with Crippen LogP contribution in [0.5, 0.6) is 0 Å². The van der Waals surface area contributed by atoms with Gasteiger partial charge in [0.15, 0.2) is 0 Å². The predicted molar refractivity (Wildman–Crippen MR) is 43.6 cm³/mol. The molecule has 0 radical (unpaired) electrons. The molecule has 1 rings (SSSR count). The van der Waals surface area contributed by atoms with Crippen LogP contribution >= 0.6 is 11.6 Å². The zero-order valence-corrected chi connectivity index (χ0v) is 7.58. The molecular weight excluding hydrogens is 203 g/mol. The molecular formula is C8H7ClF3N. The number of hydrogen-bond donors (Lipinski definition) is 0. The summed E-state index contributed by atoms with van der Waals surface area (Å²) in [6.07, 6.45) is -2.90. The Balaban J connectivity index is 3.24. The highest BCUT2D eigenvalue weighted by Gasteiger charge is 2.33. The number of halogens is 4. The van der Waals surface area contributed by atoms with Crippen molar-refractivity contribution in [2.24, 2.45) is 0 Å². The Bertz CT molecular complexity index is 309. The Morgan fingerprint density at radius 2 is 2.08 bits per heavy atom. The van der Waals surface area contributed by atoms with E-state index in [0.29, 0.717) is 6.42 Å². The second kappa shape index (κ2) is 3.54. The highest BCUT2D eigenvalue weighted by atomic mass is 35.5. The number of rotatable bonds is 1. The molecule has 0 aliphatic rings. The fraction of sp³-hybridized carbons (Fsp3) is 0.375. The lowest BCUT2D eigenvalue weighted by Crippen LogP contribution is -2.09. The first-order chi connectivity index (χ1) is 5.95. The lowest BCUT2D eigenvalue weighted by Gasteiger charge is -2.10. The summed E-state index contributed by atoms with van der Waals surface area (Å²) in [5.41, 5.74) is -0.535. The van der Waals surface area contributed by atoms with Gasteiger partial charge in [-0.25, -0.2) is 4.98 Å². The van der Waals surface area contributed by atoms with E-state index in [0.717, 1.165) is 12.3 Å². The molecule has 0 spiro atoms. The fourth-order valence-corrected chi connectivity index (χ4v) is 1.16. The summed E-state index contributed by atoms with van der Waals surface area (Å²) in [7, 11) is 0. The minimum absolute atomic E-state index is 0.135. The van der Waals surface area contributed by atoms with E-state index in [4.69, 9.17) is 11.6 Å². The zero-order valence-electron chi connectivity index (χ0n) is 6.82. The van der Waals surface area contributed by atoms with Crippen molar-refractivity contribution >= 4 is 11.6 Å². The Morgan fingerprint density at radius 1 is 1.46 bits per heavy atom. The third-order valence-electron chi connectivity index (χ3n) is 1.64. The van der Waals surface area contributed by atoms with Gasteiger partial charge in [-0.3, -0.25) is 0 Å². The van der Waals surface area contributed by atoms with E-state index in [1.807, 2.05) is 0 Å². The van der Waals surface area contributed by atoms with Crippen LogP contribution in [-0.2, 0) is 12.6 Å². The normalized spacial score (nSPS) is 11.8. The van der Waals surface area contributed by atoms with Gasteiger partial charge in [-0.1, -0.05) is 18.5 Å². The molecule has 0 atom stereocenters. The molecule has 13 heavy (non-hydrogen) atoms. The van der Waals surface area contributed by atoms with Crippen molar-refractivity contribution < 1.29 is 13.2 Å². The Morgan fingerprint density at radius 3 is 2.54 bits per heavy atom. The smallest absolute Gasteiger partial charge is 0.244 e. The predicted octanol–water partition coefficient (Wildman–Crippen LogP) is 3.32. The number of nitrogens with zero attached hydrogens (tertiary/aromatic N) is 1. The molecule has 5 heteroatoms. The Kier molecular flexibility index (Phi) is 2.81. The highest BCUT2D eigenvalue weighted by Crippen LogP contribution is 2.32.